The lowest BCUT2D eigenvalue weighted by Crippen LogP contribution is -2.57. The largest absolute Gasteiger partial charge is 0.361 e. The maximum Gasteiger partial charge on any atom is 0.273 e. The second-order valence-corrected chi connectivity index (χ2v) is 7.80. The minimum absolute atomic E-state index is 0.0603. The maximum absolute atomic E-state index is 13.2. The maximum atomic E-state index is 13.2. The lowest BCUT2D eigenvalue weighted by atomic mass is 9.84. The van der Waals surface area contributed by atoms with E-state index in [0.717, 1.165) is 31.4 Å². The van der Waals surface area contributed by atoms with Crippen LogP contribution in [-0.4, -0.2) is 46.5 Å². The van der Waals surface area contributed by atoms with E-state index in [4.69, 9.17) is 4.52 Å². The van der Waals surface area contributed by atoms with E-state index in [1.807, 2.05) is 30.3 Å². The molecule has 0 aliphatic carbocycles. The summed E-state index contributed by atoms with van der Waals surface area (Å²) in [6.07, 6.45) is 3.55. The topological polar surface area (TPSA) is 87.5 Å². The van der Waals surface area contributed by atoms with Gasteiger partial charge in [0.05, 0.1) is 0 Å². The fourth-order valence-corrected chi connectivity index (χ4v) is 4.45. The number of hydrogen-bond acceptors (Lipinski definition) is 5. The minimum atomic E-state index is -0.537. The number of aryl methyl sites for hydroxylation is 1. The second-order valence-electron chi connectivity index (χ2n) is 7.80. The summed E-state index contributed by atoms with van der Waals surface area (Å²) in [4.78, 5) is 27.9. The van der Waals surface area contributed by atoms with Crippen LogP contribution in [0.4, 0.5) is 0 Å². The first kappa shape index (κ1) is 18.7. The average Bonchev–Trinajstić information content (AvgIpc) is 3.30. The number of fused-ring (bicyclic) bond motifs is 1. The molecule has 0 spiro atoms. The molecule has 3 heterocycles. The van der Waals surface area contributed by atoms with Crippen molar-refractivity contribution in [2.24, 2.45) is 0 Å². The Kier molecular flexibility index (Phi) is 5.17. The van der Waals surface area contributed by atoms with Crippen LogP contribution in [0.25, 0.3) is 0 Å². The molecule has 4 rings (SSSR count). The molecule has 0 radical (unpaired) electrons. The van der Waals surface area contributed by atoms with Crippen molar-refractivity contribution in [1.29, 1.82) is 0 Å². The smallest absolute Gasteiger partial charge is 0.273 e. The Hall–Kier alpha value is -2.67. The van der Waals surface area contributed by atoms with Gasteiger partial charge >= 0.3 is 0 Å². The molecule has 7 heteroatoms. The van der Waals surface area contributed by atoms with Gasteiger partial charge in [0.2, 0.25) is 5.91 Å². The number of carbonyl (C=O) groups is 2. The predicted octanol–water partition coefficient (Wildman–Crippen LogP) is 2.03. The highest BCUT2D eigenvalue weighted by atomic mass is 16.5. The van der Waals surface area contributed by atoms with Gasteiger partial charge in [-0.1, -0.05) is 35.5 Å². The van der Waals surface area contributed by atoms with Crippen molar-refractivity contribution in [3.05, 3.63) is 53.4 Å². The van der Waals surface area contributed by atoms with Gasteiger partial charge in [0.25, 0.3) is 5.91 Å². The van der Waals surface area contributed by atoms with Crippen molar-refractivity contribution in [2.45, 2.75) is 50.7 Å². The molecule has 1 aromatic heterocycles. The number of hydrogen-bond donors (Lipinski definition) is 2. The molecule has 28 heavy (non-hydrogen) atoms. The summed E-state index contributed by atoms with van der Waals surface area (Å²) in [5.41, 5.74) is 0.828. The highest BCUT2D eigenvalue weighted by molar-refractivity contribution is 5.93. The Balaban J connectivity index is 1.43. The minimum Gasteiger partial charge on any atom is -0.361 e. The van der Waals surface area contributed by atoms with Crippen molar-refractivity contribution < 1.29 is 14.1 Å². The second kappa shape index (κ2) is 7.75. The molecule has 2 N–H and O–H groups in total. The number of nitrogens with zero attached hydrogens (tertiary/aromatic N) is 2. The van der Waals surface area contributed by atoms with Crippen LogP contribution in [0.15, 0.2) is 40.9 Å². The van der Waals surface area contributed by atoms with Gasteiger partial charge in [0.1, 0.15) is 11.3 Å². The summed E-state index contributed by atoms with van der Waals surface area (Å²) < 4.78 is 4.99. The Morgan fingerprint density at radius 3 is 2.86 bits per heavy atom. The molecule has 2 aliphatic heterocycles. The van der Waals surface area contributed by atoms with E-state index in [9.17, 15) is 9.59 Å². The molecular formula is C21H26N4O3. The summed E-state index contributed by atoms with van der Waals surface area (Å²) in [5.74, 6) is 0.414. The first-order chi connectivity index (χ1) is 13.6. The third-order valence-electron chi connectivity index (χ3n) is 5.81. The molecule has 2 saturated heterocycles. The standard InChI is InChI=1S/C21H26N4O3/c1-15-11-18(24-28-15)19(26)23-17-12-21(9-5-6-10-25(21)14-17)20(27)22-13-16-7-3-2-4-8-16/h2-4,7-8,11,17H,5-6,9-10,12-14H2,1H3,(H,22,27)(H,23,26)/t17-,21-/m0/s1. The highest BCUT2D eigenvalue weighted by Gasteiger charge is 2.52. The monoisotopic (exact) mass is 382 g/mol. The zero-order valence-electron chi connectivity index (χ0n) is 16.1. The first-order valence-corrected chi connectivity index (χ1v) is 9.88. The summed E-state index contributed by atoms with van der Waals surface area (Å²) in [5, 5.41) is 9.94. The number of piperidine rings is 1. The van der Waals surface area contributed by atoms with E-state index >= 15 is 0 Å². The Labute approximate surface area is 164 Å². The van der Waals surface area contributed by atoms with Crippen LogP contribution >= 0.6 is 0 Å². The van der Waals surface area contributed by atoms with E-state index in [0.29, 0.717) is 25.3 Å². The highest BCUT2D eigenvalue weighted by Crippen LogP contribution is 2.38. The molecule has 0 unspecified atom stereocenters. The lowest BCUT2D eigenvalue weighted by molar-refractivity contribution is -0.134. The fourth-order valence-electron chi connectivity index (χ4n) is 4.45. The Morgan fingerprint density at radius 1 is 1.29 bits per heavy atom. The SMILES string of the molecule is Cc1cc(C(=O)N[C@@H]2CN3CCCC[C@@]3(C(=O)NCc3ccccc3)C2)no1. The van der Waals surface area contributed by atoms with Crippen LogP contribution in [0.2, 0.25) is 0 Å². The van der Waals surface area contributed by atoms with Gasteiger partial charge in [-0.25, -0.2) is 0 Å². The summed E-state index contributed by atoms with van der Waals surface area (Å²) >= 11 is 0. The van der Waals surface area contributed by atoms with E-state index in [-0.39, 0.29) is 23.6 Å². The van der Waals surface area contributed by atoms with Crippen LogP contribution < -0.4 is 10.6 Å². The van der Waals surface area contributed by atoms with Crippen molar-refractivity contribution in [1.82, 2.24) is 20.7 Å². The summed E-state index contributed by atoms with van der Waals surface area (Å²) in [6, 6.07) is 11.5. The molecular weight excluding hydrogens is 356 g/mol. The third-order valence-corrected chi connectivity index (χ3v) is 5.81. The zero-order chi connectivity index (χ0) is 19.6. The molecule has 0 bridgehead atoms. The molecule has 1 aromatic carbocycles. The van der Waals surface area contributed by atoms with Gasteiger partial charge in [-0.3, -0.25) is 14.5 Å². The summed E-state index contributed by atoms with van der Waals surface area (Å²) in [7, 11) is 0. The molecule has 148 valence electrons. The van der Waals surface area contributed by atoms with Crippen LogP contribution in [0.3, 0.4) is 0 Å². The normalized spacial score (nSPS) is 24.5. The first-order valence-electron chi connectivity index (χ1n) is 9.88. The van der Waals surface area contributed by atoms with Gasteiger partial charge in [-0.05, 0) is 44.7 Å². The van der Waals surface area contributed by atoms with Gasteiger partial charge in [0, 0.05) is 25.2 Å². The Morgan fingerprint density at radius 2 is 2.11 bits per heavy atom. The number of benzene rings is 1. The molecule has 2 aromatic rings. The van der Waals surface area contributed by atoms with Crippen molar-refractivity contribution >= 4 is 11.8 Å². The Bertz CT molecular complexity index is 850. The van der Waals surface area contributed by atoms with E-state index in [1.165, 1.54) is 0 Å². The van der Waals surface area contributed by atoms with E-state index in [1.54, 1.807) is 13.0 Å². The van der Waals surface area contributed by atoms with Crippen LogP contribution in [0.1, 0.15) is 47.5 Å². The van der Waals surface area contributed by atoms with Gasteiger partial charge in [-0.15, -0.1) is 0 Å². The van der Waals surface area contributed by atoms with Gasteiger partial charge < -0.3 is 15.2 Å². The third kappa shape index (κ3) is 3.67. The number of amides is 2. The molecule has 2 amide bonds. The molecule has 2 aliphatic rings. The number of aromatic nitrogens is 1. The zero-order valence-corrected chi connectivity index (χ0v) is 16.1. The molecule has 2 atom stereocenters. The van der Waals surface area contributed by atoms with Crippen molar-refractivity contribution in [3.8, 4) is 0 Å². The average molecular weight is 382 g/mol. The van der Waals surface area contributed by atoms with Crippen molar-refractivity contribution in [3.63, 3.8) is 0 Å². The molecule has 0 saturated carbocycles. The van der Waals surface area contributed by atoms with E-state index in [2.05, 4.69) is 20.7 Å². The van der Waals surface area contributed by atoms with Crippen LogP contribution in [0.5, 0.6) is 0 Å². The number of carbonyl (C=O) groups excluding carboxylic acids is 2. The summed E-state index contributed by atoms with van der Waals surface area (Å²) in [6.45, 7) is 3.84. The van der Waals surface area contributed by atoms with Crippen LogP contribution in [0, 0.1) is 6.92 Å². The molecule has 2 fully saturated rings. The lowest BCUT2D eigenvalue weighted by Gasteiger charge is -2.40. The number of rotatable bonds is 5. The predicted molar refractivity (Wildman–Crippen MR) is 104 cm³/mol. The van der Waals surface area contributed by atoms with Gasteiger partial charge in [0.15, 0.2) is 5.69 Å². The van der Waals surface area contributed by atoms with E-state index < -0.39 is 5.54 Å². The van der Waals surface area contributed by atoms with Crippen LogP contribution in [-0.2, 0) is 11.3 Å². The quantitative estimate of drug-likeness (QED) is 0.826. The van der Waals surface area contributed by atoms with Crippen molar-refractivity contribution in [2.75, 3.05) is 13.1 Å². The number of nitrogens with one attached hydrogen (secondary N) is 2. The van der Waals surface area contributed by atoms with Gasteiger partial charge in [-0.2, -0.15) is 0 Å². The fraction of sp³-hybridized carbons (Fsp3) is 0.476. The molecule has 7 nitrogen and oxygen atoms in total.